The van der Waals surface area contributed by atoms with Gasteiger partial charge in [-0.1, -0.05) is 13.0 Å². The van der Waals surface area contributed by atoms with Crippen molar-refractivity contribution in [3.8, 4) is 11.5 Å². The van der Waals surface area contributed by atoms with Gasteiger partial charge >= 0.3 is 5.97 Å². The van der Waals surface area contributed by atoms with E-state index in [4.69, 9.17) is 20.3 Å². The number of aliphatic carboxylic acids is 1. The molecule has 0 bridgehead atoms. The third kappa shape index (κ3) is 2.92. The Labute approximate surface area is 107 Å². The van der Waals surface area contributed by atoms with Crippen LogP contribution in [0.1, 0.15) is 18.9 Å². The summed E-state index contributed by atoms with van der Waals surface area (Å²) < 4.78 is 10.4. The first kappa shape index (κ1) is 14.3. The van der Waals surface area contributed by atoms with Crippen LogP contribution in [0.5, 0.6) is 11.5 Å². The van der Waals surface area contributed by atoms with Crippen LogP contribution in [0.25, 0.3) is 0 Å². The van der Waals surface area contributed by atoms with Gasteiger partial charge in [-0.2, -0.15) is 0 Å². The van der Waals surface area contributed by atoms with E-state index in [-0.39, 0.29) is 13.0 Å². The van der Waals surface area contributed by atoms with Gasteiger partial charge < -0.3 is 20.3 Å². The zero-order chi connectivity index (χ0) is 13.8. The normalized spacial score (nSPS) is 13.8. The first-order valence-corrected chi connectivity index (χ1v) is 5.61. The number of methoxy groups -OCH3 is 2. The highest BCUT2D eigenvalue weighted by atomic mass is 16.5. The summed E-state index contributed by atoms with van der Waals surface area (Å²) in [4.78, 5) is 10.9. The average Bonchev–Trinajstić information content (AvgIpc) is 2.36. The highest BCUT2D eigenvalue weighted by molar-refractivity contribution is 5.69. The fraction of sp³-hybridized carbons (Fsp3) is 0.462. The van der Waals surface area contributed by atoms with E-state index in [1.807, 2.05) is 6.92 Å². The van der Waals surface area contributed by atoms with Gasteiger partial charge in [0.2, 0.25) is 0 Å². The predicted molar refractivity (Wildman–Crippen MR) is 68.2 cm³/mol. The number of ether oxygens (including phenoxy) is 2. The zero-order valence-corrected chi connectivity index (χ0v) is 10.9. The second-order valence-corrected chi connectivity index (χ2v) is 4.40. The molecule has 1 unspecified atom stereocenters. The van der Waals surface area contributed by atoms with E-state index in [1.165, 1.54) is 7.11 Å². The van der Waals surface area contributed by atoms with E-state index >= 15 is 0 Å². The molecular weight excluding hydrogens is 234 g/mol. The Morgan fingerprint density at radius 3 is 2.50 bits per heavy atom. The molecule has 1 aromatic rings. The molecule has 0 aliphatic heterocycles. The van der Waals surface area contributed by atoms with E-state index in [0.717, 1.165) is 5.56 Å². The lowest BCUT2D eigenvalue weighted by Gasteiger charge is -2.28. The first-order chi connectivity index (χ1) is 8.46. The Hall–Kier alpha value is -1.75. The molecule has 100 valence electrons. The minimum atomic E-state index is -0.888. The van der Waals surface area contributed by atoms with Crippen molar-refractivity contribution in [1.82, 2.24) is 0 Å². The SMILES string of the molecule is COc1ccc(C(C)(CN)CC(=O)O)c(OC)c1. The van der Waals surface area contributed by atoms with Crippen LogP contribution in [0.4, 0.5) is 0 Å². The summed E-state index contributed by atoms with van der Waals surface area (Å²) in [7, 11) is 3.10. The monoisotopic (exact) mass is 253 g/mol. The third-order valence-electron chi connectivity index (χ3n) is 3.05. The maximum Gasteiger partial charge on any atom is 0.304 e. The van der Waals surface area contributed by atoms with Gasteiger partial charge in [0.15, 0.2) is 0 Å². The van der Waals surface area contributed by atoms with E-state index in [1.54, 1.807) is 25.3 Å². The van der Waals surface area contributed by atoms with E-state index in [9.17, 15) is 4.79 Å². The number of hydrogen-bond acceptors (Lipinski definition) is 4. The summed E-state index contributed by atoms with van der Waals surface area (Å²) in [5.41, 5.74) is 5.84. The summed E-state index contributed by atoms with van der Waals surface area (Å²) in [6.07, 6.45) is -0.0494. The molecule has 5 heteroatoms. The first-order valence-electron chi connectivity index (χ1n) is 5.61. The number of carboxylic acid groups (broad SMARTS) is 1. The maximum atomic E-state index is 10.9. The van der Waals surface area contributed by atoms with Crippen molar-refractivity contribution in [3.63, 3.8) is 0 Å². The Morgan fingerprint density at radius 2 is 2.06 bits per heavy atom. The molecule has 5 nitrogen and oxygen atoms in total. The predicted octanol–water partition coefficient (Wildman–Crippen LogP) is 1.39. The Kier molecular flexibility index (Phi) is 4.55. The van der Waals surface area contributed by atoms with Crippen LogP contribution in [-0.2, 0) is 10.2 Å². The molecule has 0 spiro atoms. The quantitative estimate of drug-likeness (QED) is 0.800. The molecule has 1 rings (SSSR count). The summed E-state index contributed by atoms with van der Waals surface area (Å²) >= 11 is 0. The summed E-state index contributed by atoms with van der Waals surface area (Å²) in [6.45, 7) is 2.04. The van der Waals surface area contributed by atoms with Crippen LogP contribution in [0, 0.1) is 0 Å². The van der Waals surface area contributed by atoms with Gasteiger partial charge in [0, 0.05) is 23.6 Å². The van der Waals surface area contributed by atoms with Crippen molar-refractivity contribution in [3.05, 3.63) is 23.8 Å². The van der Waals surface area contributed by atoms with Gasteiger partial charge in [0.05, 0.1) is 20.6 Å². The van der Waals surface area contributed by atoms with Crippen molar-refractivity contribution in [2.45, 2.75) is 18.8 Å². The molecule has 0 aliphatic rings. The Bertz CT molecular complexity index is 433. The second kappa shape index (κ2) is 5.73. The van der Waals surface area contributed by atoms with Crippen LogP contribution in [0.2, 0.25) is 0 Å². The lowest BCUT2D eigenvalue weighted by molar-refractivity contribution is -0.138. The van der Waals surface area contributed by atoms with Crippen molar-refractivity contribution in [2.24, 2.45) is 5.73 Å². The Morgan fingerprint density at radius 1 is 1.39 bits per heavy atom. The number of rotatable bonds is 6. The highest BCUT2D eigenvalue weighted by Crippen LogP contribution is 2.36. The third-order valence-corrected chi connectivity index (χ3v) is 3.05. The molecule has 0 radical (unpaired) electrons. The summed E-state index contributed by atoms with van der Waals surface area (Å²) in [5, 5.41) is 8.98. The van der Waals surface area contributed by atoms with Crippen LogP contribution in [0.3, 0.4) is 0 Å². The van der Waals surface area contributed by atoms with Crippen molar-refractivity contribution in [1.29, 1.82) is 0 Å². The van der Waals surface area contributed by atoms with Crippen molar-refractivity contribution >= 4 is 5.97 Å². The highest BCUT2D eigenvalue weighted by Gasteiger charge is 2.31. The Balaban J connectivity index is 3.24. The van der Waals surface area contributed by atoms with Gasteiger partial charge in [-0.15, -0.1) is 0 Å². The zero-order valence-electron chi connectivity index (χ0n) is 10.9. The van der Waals surface area contributed by atoms with Crippen molar-refractivity contribution in [2.75, 3.05) is 20.8 Å². The molecule has 0 fully saturated rings. The molecule has 0 saturated heterocycles. The molecule has 0 aromatic heterocycles. The molecule has 1 atom stereocenters. The molecule has 0 aliphatic carbocycles. The van der Waals surface area contributed by atoms with Crippen LogP contribution in [0.15, 0.2) is 18.2 Å². The van der Waals surface area contributed by atoms with E-state index in [2.05, 4.69) is 0 Å². The van der Waals surface area contributed by atoms with Gasteiger partial charge in [0.25, 0.3) is 0 Å². The smallest absolute Gasteiger partial charge is 0.304 e. The number of benzene rings is 1. The summed E-state index contributed by atoms with van der Waals surface area (Å²) in [5.74, 6) is 0.356. The lowest BCUT2D eigenvalue weighted by atomic mass is 9.79. The molecule has 0 saturated carbocycles. The molecular formula is C13H19NO4. The van der Waals surface area contributed by atoms with Gasteiger partial charge in [0.1, 0.15) is 11.5 Å². The van der Waals surface area contributed by atoms with Crippen molar-refractivity contribution < 1.29 is 19.4 Å². The second-order valence-electron chi connectivity index (χ2n) is 4.40. The number of carbonyl (C=O) groups is 1. The lowest BCUT2D eigenvalue weighted by Crippen LogP contribution is -2.34. The van der Waals surface area contributed by atoms with Gasteiger partial charge in [-0.3, -0.25) is 4.79 Å². The number of hydrogen-bond donors (Lipinski definition) is 2. The molecule has 1 aromatic carbocycles. The maximum absolute atomic E-state index is 10.9. The van der Waals surface area contributed by atoms with Crippen LogP contribution >= 0.6 is 0 Å². The van der Waals surface area contributed by atoms with Crippen LogP contribution < -0.4 is 15.2 Å². The standard InChI is InChI=1S/C13H19NO4/c1-13(8-14,7-12(15)16)10-5-4-9(17-2)6-11(10)18-3/h4-6H,7-8,14H2,1-3H3,(H,15,16). The molecule has 3 N–H and O–H groups in total. The fourth-order valence-electron chi connectivity index (χ4n) is 1.91. The molecule has 0 amide bonds. The van der Waals surface area contributed by atoms with E-state index in [0.29, 0.717) is 11.5 Å². The topological polar surface area (TPSA) is 81.8 Å². The van der Waals surface area contributed by atoms with Gasteiger partial charge in [-0.05, 0) is 6.07 Å². The number of carboxylic acids is 1. The number of nitrogens with two attached hydrogens (primary N) is 1. The molecule has 0 heterocycles. The van der Waals surface area contributed by atoms with Gasteiger partial charge in [-0.25, -0.2) is 0 Å². The van der Waals surface area contributed by atoms with E-state index < -0.39 is 11.4 Å². The summed E-state index contributed by atoms with van der Waals surface area (Å²) in [6, 6.07) is 5.30. The van der Waals surface area contributed by atoms with Crippen LogP contribution in [-0.4, -0.2) is 31.8 Å². The fourth-order valence-corrected chi connectivity index (χ4v) is 1.91. The molecule has 18 heavy (non-hydrogen) atoms. The minimum Gasteiger partial charge on any atom is -0.497 e. The minimum absolute atomic E-state index is 0.0494. The largest absolute Gasteiger partial charge is 0.497 e. The average molecular weight is 253 g/mol.